The lowest BCUT2D eigenvalue weighted by atomic mass is 9.97. The molecule has 4 aromatic rings. The van der Waals surface area contributed by atoms with E-state index in [1.807, 2.05) is 23.5 Å². The van der Waals surface area contributed by atoms with Crippen molar-refractivity contribution in [2.75, 3.05) is 11.5 Å². The molecule has 0 heterocycles. The van der Waals surface area contributed by atoms with Gasteiger partial charge in [-0.25, -0.2) is 0 Å². The minimum atomic E-state index is 1.20. The maximum atomic E-state index is 2.39. The maximum Gasteiger partial charge on any atom is 0.00785 e. The largest absolute Gasteiger partial charge is 0.126 e. The van der Waals surface area contributed by atoms with Crippen molar-refractivity contribution in [2.24, 2.45) is 0 Å². The molecule has 0 saturated heterocycles. The van der Waals surface area contributed by atoms with Gasteiger partial charge in [-0.05, 0) is 80.9 Å². The van der Waals surface area contributed by atoms with E-state index in [2.05, 4.69) is 74.5 Å². The smallest absolute Gasteiger partial charge is 0.00785 e. The third-order valence-electron chi connectivity index (χ3n) is 5.31. The second-order valence-corrected chi connectivity index (χ2v) is 9.73. The van der Waals surface area contributed by atoms with E-state index in [1.165, 1.54) is 79.3 Å². The second-order valence-electron chi connectivity index (χ2n) is 7.40. The van der Waals surface area contributed by atoms with Crippen LogP contribution in [0.3, 0.4) is 0 Å². The molecule has 0 aromatic heterocycles. The number of fused-ring (bicyclic) bond motifs is 5. The number of hydrogen-bond donors (Lipinski definition) is 0. The van der Waals surface area contributed by atoms with Gasteiger partial charge < -0.3 is 0 Å². The Morgan fingerprint density at radius 2 is 0.964 bits per heavy atom. The van der Waals surface area contributed by atoms with Crippen LogP contribution in [0, 0.1) is 0 Å². The third kappa shape index (κ3) is 4.18. The van der Waals surface area contributed by atoms with Crippen LogP contribution in [0.25, 0.3) is 32.3 Å². The second kappa shape index (κ2) is 9.24. The molecule has 0 nitrogen and oxygen atoms in total. The molecular formula is C26H28S2. The van der Waals surface area contributed by atoms with E-state index in [-0.39, 0.29) is 0 Å². The van der Waals surface area contributed by atoms with Gasteiger partial charge in [-0.1, -0.05) is 63.1 Å². The van der Waals surface area contributed by atoms with Gasteiger partial charge in [0.2, 0.25) is 0 Å². The average Bonchev–Trinajstić information content (AvgIpc) is 2.73. The standard InChI is InChI=1S/C26H28S2/c1-3-5-15-27-21-11-7-19-9-14-24-23(25(19)17-21)13-10-20-8-12-22(18-26(20)24)28-16-6-4-2/h7-14,17-18H,3-6,15-16H2,1-2H3. The Hall–Kier alpha value is -1.64. The highest BCUT2D eigenvalue weighted by Gasteiger charge is 2.07. The average molecular weight is 405 g/mol. The van der Waals surface area contributed by atoms with Gasteiger partial charge in [-0.15, -0.1) is 23.5 Å². The number of unbranched alkanes of at least 4 members (excludes halogenated alkanes) is 2. The molecule has 0 spiro atoms. The maximum absolute atomic E-state index is 2.39. The van der Waals surface area contributed by atoms with Crippen LogP contribution in [-0.4, -0.2) is 11.5 Å². The van der Waals surface area contributed by atoms with Gasteiger partial charge in [0.05, 0.1) is 0 Å². The summed E-state index contributed by atoms with van der Waals surface area (Å²) in [5, 5.41) is 8.17. The Bertz CT molecular complexity index is 1010. The van der Waals surface area contributed by atoms with E-state index >= 15 is 0 Å². The Labute approximate surface area is 177 Å². The normalized spacial score (nSPS) is 11.6. The van der Waals surface area contributed by atoms with Crippen molar-refractivity contribution >= 4 is 55.8 Å². The van der Waals surface area contributed by atoms with Crippen molar-refractivity contribution in [3.8, 4) is 0 Å². The van der Waals surface area contributed by atoms with Crippen molar-refractivity contribution in [1.29, 1.82) is 0 Å². The van der Waals surface area contributed by atoms with E-state index in [0.717, 1.165) is 0 Å². The Kier molecular flexibility index (Phi) is 6.49. The lowest BCUT2D eigenvalue weighted by Gasteiger charge is -2.10. The summed E-state index contributed by atoms with van der Waals surface area (Å²) in [5.41, 5.74) is 0. The molecule has 0 N–H and O–H groups in total. The van der Waals surface area contributed by atoms with Crippen LogP contribution < -0.4 is 0 Å². The molecule has 0 aliphatic carbocycles. The monoisotopic (exact) mass is 404 g/mol. The fraction of sp³-hybridized carbons (Fsp3) is 0.308. The van der Waals surface area contributed by atoms with Crippen LogP contribution in [0.2, 0.25) is 0 Å². The van der Waals surface area contributed by atoms with Gasteiger partial charge in [0, 0.05) is 9.79 Å². The van der Waals surface area contributed by atoms with E-state index in [0.29, 0.717) is 0 Å². The molecule has 0 unspecified atom stereocenters. The van der Waals surface area contributed by atoms with Crippen molar-refractivity contribution < 1.29 is 0 Å². The Morgan fingerprint density at radius 1 is 0.536 bits per heavy atom. The first-order valence-corrected chi connectivity index (χ1v) is 12.4. The van der Waals surface area contributed by atoms with E-state index in [1.54, 1.807) is 0 Å². The summed E-state index contributed by atoms with van der Waals surface area (Å²) < 4.78 is 0. The highest BCUT2D eigenvalue weighted by atomic mass is 32.2. The summed E-state index contributed by atoms with van der Waals surface area (Å²) >= 11 is 3.96. The molecule has 0 saturated carbocycles. The third-order valence-corrected chi connectivity index (χ3v) is 7.47. The summed E-state index contributed by atoms with van der Waals surface area (Å²) in [6.45, 7) is 4.52. The summed E-state index contributed by atoms with van der Waals surface area (Å²) in [4.78, 5) is 2.77. The summed E-state index contributed by atoms with van der Waals surface area (Å²) in [5.74, 6) is 2.40. The van der Waals surface area contributed by atoms with E-state index < -0.39 is 0 Å². The van der Waals surface area contributed by atoms with Crippen LogP contribution in [0.5, 0.6) is 0 Å². The Morgan fingerprint density at radius 3 is 1.39 bits per heavy atom. The van der Waals surface area contributed by atoms with Crippen LogP contribution in [0.1, 0.15) is 39.5 Å². The fourth-order valence-corrected chi connectivity index (χ4v) is 5.74. The first-order chi connectivity index (χ1) is 13.8. The van der Waals surface area contributed by atoms with Gasteiger partial charge in [-0.2, -0.15) is 0 Å². The van der Waals surface area contributed by atoms with Crippen molar-refractivity contribution in [3.05, 3.63) is 60.7 Å². The van der Waals surface area contributed by atoms with Crippen LogP contribution in [-0.2, 0) is 0 Å². The highest BCUT2D eigenvalue weighted by molar-refractivity contribution is 7.99. The predicted molar refractivity (Wildman–Crippen MR) is 130 cm³/mol. The molecule has 28 heavy (non-hydrogen) atoms. The van der Waals surface area contributed by atoms with Crippen LogP contribution in [0.4, 0.5) is 0 Å². The molecule has 0 atom stereocenters. The quantitative estimate of drug-likeness (QED) is 0.163. The first-order valence-electron chi connectivity index (χ1n) is 10.4. The SMILES string of the molecule is CCCCSc1ccc2ccc3c4cc(SCCCC)ccc4ccc3c2c1. The Balaban J connectivity index is 1.79. The highest BCUT2D eigenvalue weighted by Crippen LogP contribution is 2.35. The number of thioether (sulfide) groups is 2. The predicted octanol–water partition coefficient (Wildman–Crippen LogP) is 8.93. The topological polar surface area (TPSA) is 0 Å². The fourth-order valence-electron chi connectivity index (χ4n) is 3.67. The molecular weight excluding hydrogens is 376 g/mol. The van der Waals surface area contributed by atoms with Crippen molar-refractivity contribution in [2.45, 2.75) is 49.3 Å². The summed E-state index contributed by atoms with van der Waals surface area (Å²) in [7, 11) is 0. The van der Waals surface area contributed by atoms with Crippen LogP contribution in [0.15, 0.2) is 70.5 Å². The first kappa shape index (κ1) is 19.7. The van der Waals surface area contributed by atoms with Crippen LogP contribution >= 0.6 is 23.5 Å². The molecule has 0 fully saturated rings. The molecule has 0 amide bonds. The minimum absolute atomic E-state index is 1.20. The van der Waals surface area contributed by atoms with Gasteiger partial charge in [0.15, 0.2) is 0 Å². The number of benzene rings is 4. The van der Waals surface area contributed by atoms with E-state index in [4.69, 9.17) is 0 Å². The molecule has 4 rings (SSSR count). The summed E-state index contributed by atoms with van der Waals surface area (Å²) in [6, 6.07) is 23.1. The molecule has 0 radical (unpaired) electrons. The number of hydrogen-bond acceptors (Lipinski definition) is 2. The molecule has 2 heteroatoms. The zero-order chi connectivity index (χ0) is 19.3. The van der Waals surface area contributed by atoms with E-state index in [9.17, 15) is 0 Å². The van der Waals surface area contributed by atoms with Crippen molar-refractivity contribution in [3.63, 3.8) is 0 Å². The molecule has 4 aromatic carbocycles. The van der Waals surface area contributed by atoms with Gasteiger partial charge >= 0.3 is 0 Å². The summed E-state index contributed by atoms with van der Waals surface area (Å²) in [6.07, 6.45) is 5.07. The van der Waals surface area contributed by atoms with Crippen molar-refractivity contribution in [1.82, 2.24) is 0 Å². The lowest BCUT2D eigenvalue weighted by molar-refractivity contribution is 0.896. The van der Waals surface area contributed by atoms with Gasteiger partial charge in [0.25, 0.3) is 0 Å². The lowest BCUT2D eigenvalue weighted by Crippen LogP contribution is -1.84. The van der Waals surface area contributed by atoms with Gasteiger partial charge in [-0.3, -0.25) is 0 Å². The molecule has 144 valence electrons. The zero-order valence-corrected chi connectivity index (χ0v) is 18.5. The van der Waals surface area contributed by atoms with Gasteiger partial charge in [0.1, 0.15) is 0 Å². The molecule has 0 bridgehead atoms. The minimum Gasteiger partial charge on any atom is -0.126 e. The number of rotatable bonds is 8. The molecule has 0 aliphatic rings. The molecule has 0 aliphatic heterocycles. The zero-order valence-electron chi connectivity index (χ0n) is 16.8.